The summed E-state index contributed by atoms with van der Waals surface area (Å²) in [5, 5.41) is 6.50. The molecule has 114 valence electrons. The van der Waals surface area contributed by atoms with Gasteiger partial charge in [-0.15, -0.1) is 0 Å². The van der Waals surface area contributed by atoms with Crippen LogP contribution in [0.2, 0.25) is 0 Å². The number of rotatable bonds is 4. The van der Waals surface area contributed by atoms with Crippen LogP contribution in [0.15, 0.2) is 18.6 Å². The highest BCUT2D eigenvalue weighted by Gasteiger charge is 2.38. The lowest BCUT2D eigenvalue weighted by Crippen LogP contribution is -2.36. The number of nitrogens with one attached hydrogen (secondary N) is 1. The van der Waals surface area contributed by atoms with E-state index in [-0.39, 0.29) is 6.54 Å². The second-order valence-electron chi connectivity index (χ2n) is 4.66. The van der Waals surface area contributed by atoms with Gasteiger partial charge in [-0.1, -0.05) is 25.2 Å². The van der Waals surface area contributed by atoms with Gasteiger partial charge in [-0.3, -0.25) is 4.79 Å². The molecule has 0 aromatic carbocycles. The average molecular weight is 318 g/mol. The normalized spacial score (nSPS) is 11.9. The maximum Gasteiger partial charge on any atom is 0.471 e. The minimum atomic E-state index is -4.87. The summed E-state index contributed by atoms with van der Waals surface area (Å²) in [4.78, 5) is 15.3. The monoisotopic (exact) mass is 318 g/mol. The van der Waals surface area contributed by atoms with E-state index in [2.05, 4.69) is 10.1 Å². The first-order valence-corrected chi connectivity index (χ1v) is 6.93. The number of amides is 1. The number of hydrogen-bond donors (Lipinski definition) is 1. The van der Waals surface area contributed by atoms with E-state index >= 15 is 0 Å². The molecule has 0 bridgehead atoms. The Kier molecular flexibility index (Phi) is 4.31. The zero-order valence-electron chi connectivity index (χ0n) is 11.3. The van der Waals surface area contributed by atoms with Crippen LogP contribution >= 0.6 is 11.3 Å². The van der Waals surface area contributed by atoms with Gasteiger partial charge in [-0.2, -0.15) is 18.3 Å². The molecule has 0 atom stereocenters. The molecule has 0 saturated carbocycles. The Morgan fingerprint density at radius 3 is 2.71 bits per heavy atom. The molecule has 2 rings (SSSR count). The summed E-state index contributed by atoms with van der Waals surface area (Å²) < 4.78 is 37.8. The topological polar surface area (TPSA) is 59.8 Å². The third-order valence-corrected chi connectivity index (χ3v) is 3.67. The molecule has 0 aliphatic carbocycles. The van der Waals surface area contributed by atoms with Gasteiger partial charge in [0, 0.05) is 17.3 Å². The lowest BCUT2D eigenvalue weighted by molar-refractivity contribution is -0.173. The number of alkyl halides is 3. The van der Waals surface area contributed by atoms with Crippen molar-refractivity contribution in [2.75, 3.05) is 0 Å². The van der Waals surface area contributed by atoms with Crippen molar-refractivity contribution in [3.63, 3.8) is 0 Å². The molecule has 5 nitrogen and oxygen atoms in total. The van der Waals surface area contributed by atoms with Crippen LogP contribution in [0.4, 0.5) is 13.2 Å². The second kappa shape index (κ2) is 5.84. The van der Waals surface area contributed by atoms with Gasteiger partial charge in [0.2, 0.25) is 5.13 Å². The molecule has 0 aliphatic rings. The molecule has 0 aliphatic heterocycles. The molecule has 0 fully saturated rings. The number of halogens is 3. The van der Waals surface area contributed by atoms with Gasteiger partial charge in [0.25, 0.3) is 0 Å². The Labute approximate surface area is 122 Å². The number of aromatic nitrogens is 3. The Morgan fingerprint density at radius 2 is 2.14 bits per heavy atom. The van der Waals surface area contributed by atoms with E-state index in [0.717, 1.165) is 5.56 Å². The first kappa shape index (κ1) is 15.5. The zero-order chi connectivity index (χ0) is 15.6. The van der Waals surface area contributed by atoms with Gasteiger partial charge in [0.1, 0.15) is 0 Å². The highest BCUT2D eigenvalue weighted by Crippen LogP contribution is 2.20. The number of carbonyl (C=O) groups excluding carboxylic acids is 1. The Morgan fingerprint density at radius 1 is 1.43 bits per heavy atom. The van der Waals surface area contributed by atoms with E-state index in [1.165, 1.54) is 17.5 Å². The molecule has 9 heteroatoms. The van der Waals surface area contributed by atoms with Crippen molar-refractivity contribution >= 4 is 17.2 Å². The predicted molar refractivity (Wildman–Crippen MR) is 71.2 cm³/mol. The van der Waals surface area contributed by atoms with E-state index in [0.29, 0.717) is 15.9 Å². The van der Waals surface area contributed by atoms with Gasteiger partial charge >= 0.3 is 12.1 Å². The summed E-state index contributed by atoms with van der Waals surface area (Å²) >= 11 is 1.17. The molecule has 0 spiro atoms. The summed E-state index contributed by atoms with van der Waals surface area (Å²) in [6, 6.07) is 0. The highest BCUT2D eigenvalue weighted by molar-refractivity contribution is 7.14. The summed E-state index contributed by atoms with van der Waals surface area (Å²) in [6.45, 7) is 3.84. The number of nitrogens with zero attached hydrogens (tertiary/aromatic N) is 3. The van der Waals surface area contributed by atoms with Crippen LogP contribution < -0.4 is 5.32 Å². The Hall–Kier alpha value is -1.90. The molecule has 2 aromatic rings. The third kappa shape index (κ3) is 3.81. The molecule has 2 heterocycles. The number of hydrogen-bond acceptors (Lipinski definition) is 4. The van der Waals surface area contributed by atoms with Crippen molar-refractivity contribution in [1.29, 1.82) is 0 Å². The van der Waals surface area contributed by atoms with Gasteiger partial charge in [0.05, 0.1) is 12.7 Å². The van der Waals surface area contributed by atoms with Crippen LogP contribution in [0.25, 0.3) is 5.13 Å². The quantitative estimate of drug-likeness (QED) is 0.943. The van der Waals surface area contributed by atoms with Crippen LogP contribution in [0, 0.1) is 0 Å². The van der Waals surface area contributed by atoms with Crippen molar-refractivity contribution in [1.82, 2.24) is 20.1 Å². The summed E-state index contributed by atoms with van der Waals surface area (Å²) in [7, 11) is 0. The lowest BCUT2D eigenvalue weighted by atomic mass is 10.1. The zero-order valence-corrected chi connectivity index (χ0v) is 12.1. The van der Waals surface area contributed by atoms with E-state index in [4.69, 9.17) is 0 Å². The van der Waals surface area contributed by atoms with Crippen molar-refractivity contribution < 1.29 is 18.0 Å². The standard InChI is InChI=1S/C12H13F3N4OS/c1-7(2)8-3-18-19(6-8)11-17-5-9(21-11)4-16-10(20)12(13,14)15/h3,5-7H,4H2,1-2H3,(H,16,20). The minimum Gasteiger partial charge on any atom is -0.343 e. The Balaban J connectivity index is 2.02. The molecular formula is C12H13F3N4OS. The van der Waals surface area contributed by atoms with Crippen LogP contribution in [0.5, 0.6) is 0 Å². The largest absolute Gasteiger partial charge is 0.471 e. The number of carbonyl (C=O) groups is 1. The van der Waals surface area contributed by atoms with Crippen molar-refractivity contribution in [2.24, 2.45) is 0 Å². The maximum atomic E-state index is 12.1. The van der Waals surface area contributed by atoms with Crippen molar-refractivity contribution in [3.8, 4) is 5.13 Å². The van der Waals surface area contributed by atoms with Crippen LogP contribution in [0.3, 0.4) is 0 Å². The molecule has 21 heavy (non-hydrogen) atoms. The van der Waals surface area contributed by atoms with E-state index in [9.17, 15) is 18.0 Å². The fraction of sp³-hybridized carbons (Fsp3) is 0.417. The van der Waals surface area contributed by atoms with E-state index < -0.39 is 12.1 Å². The van der Waals surface area contributed by atoms with E-state index in [1.54, 1.807) is 16.2 Å². The minimum absolute atomic E-state index is 0.214. The molecule has 1 amide bonds. The smallest absolute Gasteiger partial charge is 0.343 e. The lowest BCUT2D eigenvalue weighted by Gasteiger charge is -2.05. The maximum absolute atomic E-state index is 12.1. The predicted octanol–water partition coefficient (Wildman–Crippen LogP) is 2.63. The first-order chi connectivity index (χ1) is 9.77. The van der Waals surface area contributed by atoms with Crippen LogP contribution in [-0.2, 0) is 11.3 Å². The molecule has 0 radical (unpaired) electrons. The molecular weight excluding hydrogens is 305 g/mol. The summed E-state index contributed by atoms with van der Waals surface area (Å²) in [6.07, 6.45) is 0.0911. The van der Waals surface area contributed by atoms with Crippen molar-refractivity contribution in [3.05, 3.63) is 29.0 Å². The van der Waals surface area contributed by atoms with Gasteiger partial charge in [0.15, 0.2) is 0 Å². The third-order valence-electron chi connectivity index (χ3n) is 2.69. The fourth-order valence-corrected chi connectivity index (χ4v) is 2.27. The van der Waals surface area contributed by atoms with Gasteiger partial charge in [-0.25, -0.2) is 9.67 Å². The molecule has 0 saturated heterocycles. The number of thiazole rings is 1. The summed E-state index contributed by atoms with van der Waals surface area (Å²) in [5.41, 5.74) is 1.04. The van der Waals surface area contributed by atoms with Gasteiger partial charge in [-0.05, 0) is 11.5 Å². The molecule has 1 N–H and O–H groups in total. The fourth-order valence-electron chi connectivity index (χ4n) is 1.49. The van der Waals surface area contributed by atoms with Crippen LogP contribution in [0.1, 0.15) is 30.2 Å². The SMILES string of the molecule is CC(C)c1cnn(-c2ncc(CNC(=O)C(F)(F)F)s2)c1. The summed E-state index contributed by atoms with van der Waals surface area (Å²) in [5.74, 6) is -1.64. The van der Waals surface area contributed by atoms with Crippen LogP contribution in [-0.4, -0.2) is 26.8 Å². The second-order valence-corrected chi connectivity index (χ2v) is 5.76. The van der Waals surface area contributed by atoms with Gasteiger partial charge < -0.3 is 5.32 Å². The highest BCUT2D eigenvalue weighted by atomic mass is 32.1. The average Bonchev–Trinajstić information content (AvgIpc) is 3.03. The molecule has 0 unspecified atom stereocenters. The van der Waals surface area contributed by atoms with E-state index in [1.807, 2.05) is 20.0 Å². The molecule has 2 aromatic heterocycles. The first-order valence-electron chi connectivity index (χ1n) is 6.12. The van der Waals surface area contributed by atoms with Crippen molar-refractivity contribution in [2.45, 2.75) is 32.5 Å². The Bertz CT molecular complexity index is 632.